The summed E-state index contributed by atoms with van der Waals surface area (Å²) in [5, 5.41) is 12.0. The first-order valence-corrected chi connectivity index (χ1v) is 6.95. The zero-order chi connectivity index (χ0) is 14.3. The number of ether oxygens (including phenoxy) is 1. The van der Waals surface area contributed by atoms with Gasteiger partial charge in [0.25, 0.3) is 0 Å². The van der Waals surface area contributed by atoms with Crippen molar-refractivity contribution in [3.63, 3.8) is 0 Å². The summed E-state index contributed by atoms with van der Waals surface area (Å²) in [4.78, 5) is 11.7. The summed E-state index contributed by atoms with van der Waals surface area (Å²) < 4.78 is 5.56. The van der Waals surface area contributed by atoms with Crippen molar-refractivity contribution in [1.29, 1.82) is 5.26 Å². The van der Waals surface area contributed by atoms with Crippen molar-refractivity contribution < 1.29 is 9.53 Å². The maximum absolute atomic E-state index is 11.7. The molecule has 0 heterocycles. The molecule has 19 heavy (non-hydrogen) atoms. The van der Waals surface area contributed by atoms with Crippen LogP contribution in [0.4, 0.5) is 5.69 Å². The van der Waals surface area contributed by atoms with Crippen LogP contribution in [0.3, 0.4) is 0 Å². The second-order valence-corrected chi connectivity index (χ2v) is 5.02. The second-order valence-electron chi connectivity index (χ2n) is 4.17. The molecule has 0 aliphatic heterocycles. The Bertz CT molecular complexity index is 483. The van der Waals surface area contributed by atoms with Crippen molar-refractivity contribution in [3.05, 3.63) is 28.2 Å². The molecule has 102 valence electrons. The van der Waals surface area contributed by atoms with Crippen molar-refractivity contribution in [1.82, 2.24) is 0 Å². The SMILES string of the molecule is CCCCC(Nc1ccc(C#N)cc1Br)C(=O)OC. The molecule has 0 saturated carbocycles. The Hall–Kier alpha value is -1.54. The summed E-state index contributed by atoms with van der Waals surface area (Å²) in [5.74, 6) is -0.273. The molecule has 0 aromatic heterocycles. The zero-order valence-corrected chi connectivity index (χ0v) is 12.7. The molecular weight excluding hydrogens is 308 g/mol. The minimum Gasteiger partial charge on any atom is -0.467 e. The number of nitrogens with one attached hydrogen (secondary N) is 1. The number of rotatable bonds is 6. The highest BCUT2D eigenvalue weighted by molar-refractivity contribution is 9.10. The van der Waals surface area contributed by atoms with Crippen LogP contribution in [-0.2, 0) is 9.53 Å². The number of benzene rings is 1. The van der Waals surface area contributed by atoms with Crippen molar-refractivity contribution >= 4 is 27.6 Å². The molecule has 0 fully saturated rings. The van der Waals surface area contributed by atoms with Crippen LogP contribution in [0.25, 0.3) is 0 Å². The molecule has 0 amide bonds. The van der Waals surface area contributed by atoms with E-state index in [-0.39, 0.29) is 12.0 Å². The number of carbonyl (C=O) groups excluding carboxylic acids is 1. The molecule has 5 heteroatoms. The lowest BCUT2D eigenvalue weighted by molar-refractivity contribution is -0.141. The van der Waals surface area contributed by atoms with E-state index in [1.807, 2.05) is 0 Å². The standard InChI is InChI=1S/C14H17BrN2O2/c1-3-4-5-13(14(18)19-2)17-12-7-6-10(9-16)8-11(12)15/h6-8,13,17H,3-5H2,1-2H3. The molecule has 1 rings (SSSR count). The molecule has 0 bridgehead atoms. The largest absolute Gasteiger partial charge is 0.467 e. The highest BCUT2D eigenvalue weighted by Gasteiger charge is 2.19. The predicted octanol–water partition coefficient (Wildman–Crippen LogP) is 3.46. The first kappa shape index (κ1) is 15.5. The number of hydrogen-bond acceptors (Lipinski definition) is 4. The van der Waals surface area contributed by atoms with Gasteiger partial charge in [0, 0.05) is 10.2 Å². The average Bonchev–Trinajstić information content (AvgIpc) is 2.43. The van der Waals surface area contributed by atoms with E-state index in [1.54, 1.807) is 18.2 Å². The summed E-state index contributed by atoms with van der Waals surface area (Å²) >= 11 is 3.39. The molecule has 1 atom stereocenters. The number of halogens is 1. The Balaban J connectivity index is 2.84. The van der Waals surface area contributed by atoms with Crippen LogP contribution >= 0.6 is 15.9 Å². The topological polar surface area (TPSA) is 62.1 Å². The fourth-order valence-corrected chi connectivity index (χ4v) is 2.18. The lowest BCUT2D eigenvalue weighted by Crippen LogP contribution is -2.30. The first-order chi connectivity index (χ1) is 9.12. The Morgan fingerprint density at radius 1 is 1.58 bits per heavy atom. The van der Waals surface area contributed by atoms with Gasteiger partial charge in [0.1, 0.15) is 6.04 Å². The smallest absolute Gasteiger partial charge is 0.328 e. The summed E-state index contributed by atoms with van der Waals surface area (Å²) in [5.41, 5.74) is 1.35. The third-order valence-electron chi connectivity index (χ3n) is 2.76. The van der Waals surface area contributed by atoms with Gasteiger partial charge in [-0.2, -0.15) is 5.26 Å². The van der Waals surface area contributed by atoms with Gasteiger partial charge in [0.15, 0.2) is 0 Å². The van der Waals surface area contributed by atoms with Gasteiger partial charge in [0.05, 0.1) is 18.7 Å². The van der Waals surface area contributed by atoms with Crippen LogP contribution in [-0.4, -0.2) is 19.1 Å². The highest BCUT2D eigenvalue weighted by atomic mass is 79.9. The number of nitrogens with zero attached hydrogens (tertiary/aromatic N) is 1. The van der Waals surface area contributed by atoms with Crippen molar-refractivity contribution in [2.24, 2.45) is 0 Å². The van der Waals surface area contributed by atoms with E-state index in [4.69, 9.17) is 10.00 Å². The highest BCUT2D eigenvalue weighted by Crippen LogP contribution is 2.25. The molecule has 0 saturated heterocycles. The molecule has 0 aliphatic rings. The van der Waals surface area contributed by atoms with Gasteiger partial charge in [-0.25, -0.2) is 4.79 Å². The molecule has 4 nitrogen and oxygen atoms in total. The number of esters is 1. The van der Waals surface area contributed by atoms with Crippen molar-refractivity contribution in [3.8, 4) is 6.07 Å². The number of methoxy groups -OCH3 is 1. The van der Waals surface area contributed by atoms with Crippen LogP contribution < -0.4 is 5.32 Å². The Kier molecular flexibility index (Phi) is 6.37. The van der Waals surface area contributed by atoms with E-state index in [1.165, 1.54) is 7.11 Å². The molecule has 1 unspecified atom stereocenters. The molecule has 0 aliphatic carbocycles. The molecule has 1 N–H and O–H groups in total. The average molecular weight is 325 g/mol. The van der Waals surface area contributed by atoms with Gasteiger partial charge in [0.2, 0.25) is 0 Å². The first-order valence-electron chi connectivity index (χ1n) is 6.16. The quantitative estimate of drug-likeness (QED) is 0.814. The zero-order valence-electron chi connectivity index (χ0n) is 11.1. The summed E-state index contributed by atoms with van der Waals surface area (Å²) in [6.07, 6.45) is 2.68. The molecule has 1 aromatic carbocycles. The Morgan fingerprint density at radius 2 is 2.32 bits per heavy atom. The van der Waals surface area contributed by atoms with Crippen LogP contribution in [0, 0.1) is 11.3 Å². The number of carbonyl (C=O) groups is 1. The summed E-state index contributed by atoms with van der Waals surface area (Å²) in [6.45, 7) is 2.08. The van der Waals surface area contributed by atoms with E-state index in [2.05, 4.69) is 34.2 Å². The van der Waals surface area contributed by atoms with Gasteiger partial charge < -0.3 is 10.1 Å². The number of nitriles is 1. The summed E-state index contributed by atoms with van der Waals surface area (Å²) in [7, 11) is 1.39. The Labute approximate surface area is 121 Å². The van der Waals surface area contributed by atoms with Crippen LogP contribution in [0.15, 0.2) is 22.7 Å². The third kappa shape index (κ3) is 4.56. The van der Waals surface area contributed by atoms with Gasteiger partial charge in [-0.05, 0) is 40.5 Å². The minimum absolute atomic E-state index is 0.273. The molecule has 1 aromatic rings. The van der Waals surface area contributed by atoms with Crippen LogP contribution in [0.2, 0.25) is 0 Å². The van der Waals surface area contributed by atoms with Crippen molar-refractivity contribution in [2.45, 2.75) is 32.2 Å². The van der Waals surface area contributed by atoms with Gasteiger partial charge in [-0.3, -0.25) is 0 Å². The number of hydrogen-bond donors (Lipinski definition) is 1. The second kappa shape index (κ2) is 7.80. The maximum Gasteiger partial charge on any atom is 0.328 e. The lowest BCUT2D eigenvalue weighted by Gasteiger charge is -2.18. The van der Waals surface area contributed by atoms with E-state index in [0.717, 1.165) is 29.4 Å². The van der Waals surface area contributed by atoms with E-state index in [9.17, 15) is 4.79 Å². The monoisotopic (exact) mass is 324 g/mol. The summed E-state index contributed by atoms with van der Waals surface area (Å²) in [6, 6.07) is 6.91. The van der Waals surface area contributed by atoms with Crippen LogP contribution in [0.5, 0.6) is 0 Å². The van der Waals surface area contributed by atoms with Gasteiger partial charge in [-0.1, -0.05) is 19.8 Å². The fourth-order valence-electron chi connectivity index (χ4n) is 1.69. The third-order valence-corrected chi connectivity index (χ3v) is 3.42. The normalized spacial score (nSPS) is 11.5. The molecule has 0 radical (unpaired) electrons. The van der Waals surface area contributed by atoms with Crippen molar-refractivity contribution in [2.75, 3.05) is 12.4 Å². The van der Waals surface area contributed by atoms with Gasteiger partial charge in [-0.15, -0.1) is 0 Å². The van der Waals surface area contributed by atoms with E-state index < -0.39 is 0 Å². The van der Waals surface area contributed by atoms with E-state index >= 15 is 0 Å². The van der Waals surface area contributed by atoms with Crippen LogP contribution in [0.1, 0.15) is 31.7 Å². The Morgan fingerprint density at radius 3 is 2.84 bits per heavy atom. The molecular formula is C14H17BrN2O2. The van der Waals surface area contributed by atoms with Gasteiger partial charge >= 0.3 is 5.97 Å². The molecule has 0 spiro atoms. The predicted molar refractivity (Wildman–Crippen MR) is 77.8 cm³/mol. The minimum atomic E-state index is -0.366. The number of anilines is 1. The lowest BCUT2D eigenvalue weighted by atomic mass is 10.1. The number of unbranched alkanes of at least 4 members (excludes halogenated alkanes) is 1. The fraction of sp³-hybridized carbons (Fsp3) is 0.429. The maximum atomic E-state index is 11.7. The van der Waals surface area contributed by atoms with E-state index in [0.29, 0.717) is 5.56 Å².